The van der Waals surface area contributed by atoms with E-state index in [0.717, 1.165) is 20.8 Å². The number of carbonyl (C=O) groups is 1. The summed E-state index contributed by atoms with van der Waals surface area (Å²) >= 11 is 2.97. The first kappa shape index (κ1) is 20.5. The summed E-state index contributed by atoms with van der Waals surface area (Å²) in [5.74, 6) is -0.285. The fourth-order valence-corrected chi connectivity index (χ4v) is 5.45. The van der Waals surface area contributed by atoms with Crippen LogP contribution in [0.15, 0.2) is 40.1 Å². The highest BCUT2D eigenvalue weighted by molar-refractivity contribution is 7.18. The number of amides is 1. The van der Waals surface area contributed by atoms with Gasteiger partial charge < -0.3 is 0 Å². The minimum absolute atomic E-state index is 0.126. The topological polar surface area (TPSA) is 94.7 Å². The number of thiophene rings is 2. The summed E-state index contributed by atoms with van der Waals surface area (Å²) < 4.78 is 2.83. The molecule has 1 N–H and O–H groups in total. The Morgan fingerprint density at radius 3 is 2.75 bits per heavy atom. The van der Waals surface area contributed by atoms with Crippen LogP contribution in [-0.2, 0) is 7.05 Å². The smallest absolute Gasteiger partial charge is 0.267 e. The maximum atomic E-state index is 13.3. The molecule has 5 aromatic heterocycles. The summed E-state index contributed by atoms with van der Waals surface area (Å²) in [6, 6.07) is 5.68. The maximum absolute atomic E-state index is 13.3. The first-order valence-electron chi connectivity index (χ1n) is 10.0. The van der Waals surface area contributed by atoms with Crippen molar-refractivity contribution < 1.29 is 4.79 Å². The monoisotopic (exact) mass is 464 g/mol. The number of rotatable bonds is 4. The van der Waals surface area contributed by atoms with Crippen LogP contribution in [-0.4, -0.2) is 30.3 Å². The number of nitrogens with one attached hydrogen (secondary N) is 1. The molecule has 0 saturated heterocycles. The van der Waals surface area contributed by atoms with E-state index in [1.54, 1.807) is 29.1 Å². The van der Waals surface area contributed by atoms with Gasteiger partial charge in [0.25, 0.3) is 11.5 Å². The van der Waals surface area contributed by atoms with Crippen molar-refractivity contribution in [1.82, 2.24) is 24.4 Å². The number of aromatic nitrogens is 5. The molecule has 10 heteroatoms. The molecular weight excluding hydrogens is 444 g/mol. The van der Waals surface area contributed by atoms with Gasteiger partial charge >= 0.3 is 0 Å². The van der Waals surface area contributed by atoms with Gasteiger partial charge in [0.1, 0.15) is 11.2 Å². The van der Waals surface area contributed by atoms with Gasteiger partial charge in [-0.15, -0.1) is 22.7 Å². The summed E-state index contributed by atoms with van der Waals surface area (Å²) in [7, 11) is 1.80. The van der Waals surface area contributed by atoms with Gasteiger partial charge in [0.15, 0.2) is 5.65 Å². The Morgan fingerprint density at radius 1 is 1.22 bits per heavy atom. The minimum atomic E-state index is -0.411. The summed E-state index contributed by atoms with van der Waals surface area (Å²) in [6.45, 7) is 5.88. The Hall–Kier alpha value is -3.37. The van der Waals surface area contributed by atoms with Crippen molar-refractivity contribution in [3.05, 3.63) is 62.6 Å². The Morgan fingerprint density at radius 2 is 2.03 bits per heavy atom. The molecule has 8 nitrogen and oxygen atoms in total. The van der Waals surface area contributed by atoms with E-state index in [9.17, 15) is 9.59 Å². The first-order valence-corrected chi connectivity index (χ1v) is 11.8. The normalized spacial score (nSPS) is 11.7. The third-order valence-corrected chi connectivity index (χ3v) is 7.12. The number of nitrogens with zero attached hydrogens (tertiary/aromatic N) is 5. The van der Waals surface area contributed by atoms with E-state index in [1.807, 2.05) is 43.7 Å². The molecule has 0 saturated carbocycles. The van der Waals surface area contributed by atoms with Crippen molar-refractivity contribution in [1.29, 1.82) is 0 Å². The van der Waals surface area contributed by atoms with E-state index >= 15 is 0 Å². The van der Waals surface area contributed by atoms with Gasteiger partial charge in [-0.2, -0.15) is 5.10 Å². The molecule has 0 aliphatic carbocycles. The predicted molar refractivity (Wildman–Crippen MR) is 128 cm³/mol. The summed E-state index contributed by atoms with van der Waals surface area (Å²) in [5, 5.41) is 9.49. The van der Waals surface area contributed by atoms with Crippen LogP contribution in [0.25, 0.3) is 31.7 Å². The molecule has 0 unspecified atom stereocenters. The molecule has 0 radical (unpaired) electrons. The largest absolute Gasteiger partial charge is 0.281 e. The highest BCUT2D eigenvalue weighted by Gasteiger charge is 2.21. The number of hydrogen-bond donors (Lipinski definition) is 1. The van der Waals surface area contributed by atoms with Gasteiger partial charge in [-0.3, -0.25) is 19.7 Å². The number of hydrogen-bond acceptors (Lipinski definition) is 7. The Labute approximate surface area is 191 Å². The summed E-state index contributed by atoms with van der Waals surface area (Å²) in [4.78, 5) is 37.3. The second kappa shape index (κ2) is 7.64. The van der Waals surface area contributed by atoms with Crippen LogP contribution in [0.5, 0.6) is 0 Å². The highest BCUT2D eigenvalue weighted by atomic mass is 32.1. The first-order chi connectivity index (χ1) is 15.3. The molecule has 5 heterocycles. The minimum Gasteiger partial charge on any atom is -0.267 e. The lowest BCUT2D eigenvalue weighted by Gasteiger charge is -2.12. The van der Waals surface area contributed by atoms with Crippen molar-refractivity contribution in [2.75, 3.05) is 5.43 Å². The van der Waals surface area contributed by atoms with Gasteiger partial charge in [0.2, 0.25) is 0 Å². The molecule has 0 spiro atoms. The van der Waals surface area contributed by atoms with Gasteiger partial charge in [0.05, 0.1) is 22.0 Å². The standard InChI is InChI=1S/C22H20N6O2S2/c1-11(2)15-8-13(17-12(3)25-27(4)19(17)24-15)20(29)26-28-10-23-21-18(22(28)30)14(9-32-21)16-6-5-7-31-16/h5-11H,1-4H3,(H,26,29). The molecule has 0 aromatic carbocycles. The second-order valence-corrected chi connectivity index (χ2v) is 9.63. The van der Waals surface area contributed by atoms with Crippen LogP contribution < -0.4 is 11.0 Å². The van der Waals surface area contributed by atoms with Crippen LogP contribution in [0.4, 0.5) is 0 Å². The van der Waals surface area contributed by atoms with Gasteiger partial charge in [-0.1, -0.05) is 19.9 Å². The number of carbonyl (C=O) groups excluding carboxylic acids is 1. The molecular formula is C22H20N6O2S2. The highest BCUT2D eigenvalue weighted by Crippen LogP contribution is 2.33. The zero-order chi connectivity index (χ0) is 22.6. The zero-order valence-electron chi connectivity index (χ0n) is 17.9. The third-order valence-electron chi connectivity index (χ3n) is 5.33. The molecule has 32 heavy (non-hydrogen) atoms. The predicted octanol–water partition coefficient (Wildman–Crippen LogP) is 4.28. The molecule has 0 aliphatic rings. The van der Waals surface area contributed by atoms with Gasteiger partial charge in [-0.05, 0) is 30.4 Å². The lowest BCUT2D eigenvalue weighted by Crippen LogP contribution is -2.33. The second-order valence-electron chi connectivity index (χ2n) is 7.82. The van der Waals surface area contributed by atoms with Crippen LogP contribution in [0.3, 0.4) is 0 Å². The molecule has 0 atom stereocenters. The average Bonchev–Trinajstić information content (AvgIpc) is 3.49. The number of pyridine rings is 1. The van der Waals surface area contributed by atoms with E-state index < -0.39 is 5.91 Å². The van der Waals surface area contributed by atoms with Crippen molar-refractivity contribution >= 4 is 49.8 Å². The molecule has 0 aliphatic heterocycles. The van der Waals surface area contributed by atoms with E-state index in [2.05, 4.69) is 20.5 Å². The Balaban J connectivity index is 1.62. The maximum Gasteiger partial charge on any atom is 0.281 e. The molecule has 0 fully saturated rings. The molecule has 0 bridgehead atoms. The van der Waals surface area contributed by atoms with Crippen molar-refractivity contribution in [2.24, 2.45) is 7.05 Å². The summed E-state index contributed by atoms with van der Waals surface area (Å²) in [6.07, 6.45) is 1.36. The molecule has 162 valence electrons. The van der Waals surface area contributed by atoms with E-state index in [4.69, 9.17) is 0 Å². The zero-order valence-corrected chi connectivity index (χ0v) is 19.5. The lowest BCUT2D eigenvalue weighted by molar-refractivity contribution is 0.101. The Bertz CT molecular complexity index is 1540. The fourth-order valence-electron chi connectivity index (χ4n) is 3.73. The quantitative estimate of drug-likeness (QED) is 0.428. The van der Waals surface area contributed by atoms with Crippen molar-refractivity contribution in [2.45, 2.75) is 26.7 Å². The molecule has 1 amide bonds. The number of aryl methyl sites for hydroxylation is 2. The molecule has 5 aromatic rings. The van der Waals surface area contributed by atoms with Crippen LogP contribution in [0.2, 0.25) is 0 Å². The third kappa shape index (κ3) is 3.23. The van der Waals surface area contributed by atoms with Crippen molar-refractivity contribution in [3.8, 4) is 10.4 Å². The van der Waals surface area contributed by atoms with Gasteiger partial charge in [-0.25, -0.2) is 14.6 Å². The van der Waals surface area contributed by atoms with Crippen LogP contribution in [0.1, 0.15) is 41.5 Å². The lowest BCUT2D eigenvalue weighted by atomic mass is 10.0. The van der Waals surface area contributed by atoms with E-state index in [0.29, 0.717) is 32.5 Å². The fraction of sp³-hybridized carbons (Fsp3) is 0.227. The number of fused-ring (bicyclic) bond motifs is 2. The average molecular weight is 465 g/mol. The van der Waals surface area contributed by atoms with E-state index in [1.165, 1.54) is 17.7 Å². The summed E-state index contributed by atoms with van der Waals surface area (Å²) in [5.41, 5.74) is 5.79. The van der Waals surface area contributed by atoms with E-state index in [-0.39, 0.29) is 11.5 Å². The van der Waals surface area contributed by atoms with Crippen LogP contribution >= 0.6 is 22.7 Å². The SMILES string of the molecule is Cc1nn(C)c2nc(C(C)C)cc(C(=O)Nn3cnc4scc(-c5cccs5)c4c3=O)c12. The van der Waals surface area contributed by atoms with Crippen LogP contribution in [0, 0.1) is 6.92 Å². The van der Waals surface area contributed by atoms with Gasteiger partial charge in [0, 0.05) is 28.6 Å². The molecule has 5 rings (SSSR count). The van der Waals surface area contributed by atoms with Crippen molar-refractivity contribution in [3.63, 3.8) is 0 Å². The Kier molecular flexibility index (Phi) is 4.90.